The summed E-state index contributed by atoms with van der Waals surface area (Å²) in [5, 5.41) is -0.101. The summed E-state index contributed by atoms with van der Waals surface area (Å²) in [5.41, 5.74) is 1.88. The summed E-state index contributed by atoms with van der Waals surface area (Å²) in [5.74, 6) is 1.63. The third-order valence-corrected chi connectivity index (χ3v) is 3.63. The number of aromatic nitrogens is 3. The van der Waals surface area contributed by atoms with E-state index in [9.17, 15) is 0 Å². The number of alkyl halides is 1. The van der Waals surface area contributed by atoms with Crippen LogP contribution < -0.4 is 0 Å². The molecule has 2 unspecified atom stereocenters. The molecule has 0 aliphatic heterocycles. The van der Waals surface area contributed by atoms with Crippen molar-refractivity contribution in [3.05, 3.63) is 24.2 Å². The number of fused-ring (bicyclic) bond motifs is 1. The Balaban J connectivity index is 2.41. The van der Waals surface area contributed by atoms with Gasteiger partial charge in [0.1, 0.15) is 11.3 Å². The fraction of sp³-hybridized carbons (Fsp3) is 0.600. The van der Waals surface area contributed by atoms with E-state index in [0.717, 1.165) is 23.4 Å². The van der Waals surface area contributed by atoms with Crippen molar-refractivity contribution < 1.29 is 0 Å². The second-order valence-corrected chi connectivity index (χ2v) is 6.28. The van der Waals surface area contributed by atoms with Crippen molar-refractivity contribution in [2.45, 2.75) is 52.0 Å². The van der Waals surface area contributed by atoms with E-state index in [1.807, 2.05) is 25.3 Å². The van der Waals surface area contributed by atoms with Gasteiger partial charge in [0.2, 0.25) is 0 Å². The van der Waals surface area contributed by atoms with Crippen LogP contribution in [0.2, 0.25) is 0 Å². The van der Waals surface area contributed by atoms with Crippen molar-refractivity contribution >= 4 is 22.8 Å². The van der Waals surface area contributed by atoms with E-state index in [1.54, 1.807) is 0 Å². The standard InChI is InChI=1S/C15H22ClN3/c1-10(2)7-8-11(3)19-14(12(4)16)18-13-6-5-9-17-15(13)19/h5-6,9-12H,7-8H2,1-4H3. The van der Waals surface area contributed by atoms with Gasteiger partial charge < -0.3 is 4.57 Å². The van der Waals surface area contributed by atoms with Crippen LogP contribution in [0, 0.1) is 5.92 Å². The van der Waals surface area contributed by atoms with Crippen LogP contribution in [0.3, 0.4) is 0 Å². The average molecular weight is 280 g/mol. The fourth-order valence-electron chi connectivity index (χ4n) is 2.37. The van der Waals surface area contributed by atoms with Gasteiger partial charge in [-0.05, 0) is 44.7 Å². The Bertz CT molecular complexity index is 545. The number of nitrogens with zero attached hydrogens (tertiary/aromatic N) is 3. The molecule has 2 aromatic heterocycles. The second kappa shape index (κ2) is 5.91. The number of halogens is 1. The molecule has 0 bridgehead atoms. The Kier molecular flexibility index (Phi) is 4.46. The molecule has 0 aromatic carbocycles. The number of rotatable bonds is 5. The zero-order valence-electron chi connectivity index (χ0n) is 12.1. The van der Waals surface area contributed by atoms with Crippen LogP contribution in [0.4, 0.5) is 0 Å². The Morgan fingerprint density at radius 1 is 1.21 bits per heavy atom. The van der Waals surface area contributed by atoms with Crippen molar-refractivity contribution in [1.29, 1.82) is 0 Å². The minimum atomic E-state index is -0.101. The zero-order valence-corrected chi connectivity index (χ0v) is 12.9. The molecule has 104 valence electrons. The molecule has 0 saturated carbocycles. The molecule has 0 spiro atoms. The lowest BCUT2D eigenvalue weighted by atomic mass is 10.0. The maximum absolute atomic E-state index is 6.28. The van der Waals surface area contributed by atoms with Crippen molar-refractivity contribution in [3.8, 4) is 0 Å². The first-order valence-corrected chi connectivity index (χ1v) is 7.41. The van der Waals surface area contributed by atoms with Crippen molar-refractivity contribution in [3.63, 3.8) is 0 Å². The van der Waals surface area contributed by atoms with E-state index in [4.69, 9.17) is 11.6 Å². The maximum atomic E-state index is 6.28. The first-order chi connectivity index (χ1) is 9.00. The lowest BCUT2D eigenvalue weighted by molar-refractivity contribution is 0.435. The quantitative estimate of drug-likeness (QED) is 0.741. The van der Waals surface area contributed by atoms with E-state index < -0.39 is 0 Å². The smallest absolute Gasteiger partial charge is 0.160 e. The molecule has 2 rings (SSSR count). The van der Waals surface area contributed by atoms with E-state index in [2.05, 4.69) is 35.3 Å². The van der Waals surface area contributed by atoms with Crippen molar-refractivity contribution in [2.24, 2.45) is 5.92 Å². The molecular formula is C15H22ClN3. The van der Waals surface area contributed by atoms with Crippen LogP contribution in [-0.4, -0.2) is 14.5 Å². The van der Waals surface area contributed by atoms with Gasteiger partial charge in [-0.2, -0.15) is 0 Å². The summed E-state index contributed by atoms with van der Waals surface area (Å²) in [6.07, 6.45) is 4.14. The Hall–Kier alpha value is -1.09. The average Bonchev–Trinajstić information content (AvgIpc) is 2.75. The Morgan fingerprint density at radius 3 is 2.58 bits per heavy atom. The summed E-state index contributed by atoms with van der Waals surface area (Å²) >= 11 is 6.28. The van der Waals surface area contributed by atoms with Crippen LogP contribution in [0.1, 0.15) is 57.8 Å². The predicted octanol–water partition coefficient (Wildman–Crippen LogP) is 4.73. The molecule has 4 heteroatoms. The van der Waals surface area contributed by atoms with Gasteiger partial charge in [-0.3, -0.25) is 0 Å². The predicted molar refractivity (Wildman–Crippen MR) is 80.6 cm³/mol. The number of pyridine rings is 1. The Morgan fingerprint density at radius 2 is 1.95 bits per heavy atom. The second-order valence-electron chi connectivity index (χ2n) is 5.62. The van der Waals surface area contributed by atoms with Crippen molar-refractivity contribution in [1.82, 2.24) is 14.5 Å². The van der Waals surface area contributed by atoms with Gasteiger partial charge in [0.15, 0.2) is 5.65 Å². The summed E-state index contributed by atoms with van der Waals surface area (Å²) < 4.78 is 2.20. The van der Waals surface area contributed by atoms with Crippen LogP contribution >= 0.6 is 11.6 Å². The molecule has 19 heavy (non-hydrogen) atoms. The van der Waals surface area contributed by atoms with Gasteiger partial charge in [0.25, 0.3) is 0 Å². The monoisotopic (exact) mass is 279 g/mol. The highest BCUT2D eigenvalue weighted by Crippen LogP contribution is 2.29. The minimum absolute atomic E-state index is 0.101. The first kappa shape index (κ1) is 14.3. The minimum Gasteiger partial charge on any atom is -0.309 e. The molecule has 0 fully saturated rings. The van der Waals surface area contributed by atoms with E-state index in [1.165, 1.54) is 6.42 Å². The number of imidazole rings is 1. The van der Waals surface area contributed by atoms with Gasteiger partial charge in [-0.25, -0.2) is 9.97 Å². The maximum Gasteiger partial charge on any atom is 0.160 e. The van der Waals surface area contributed by atoms with Gasteiger partial charge in [0.05, 0.1) is 5.38 Å². The molecule has 2 heterocycles. The highest BCUT2D eigenvalue weighted by atomic mass is 35.5. The van der Waals surface area contributed by atoms with Crippen LogP contribution in [-0.2, 0) is 0 Å². The van der Waals surface area contributed by atoms with Crippen molar-refractivity contribution in [2.75, 3.05) is 0 Å². The largest absolute Gasteiger partial charge is 0.309 e. The molecule has 0 amide bonds. The van der Waals surface area contributed by atoms with E-state index in [-0.39, 0.29) is 5.38 Å². The molecular weight excluding hydrogens is 258 g/mol. The van der Waals surface area contributed by atoms with Gasteiger partial charge >= 0.3 is 0 Å². The normalized spacial score (nSPS) is 15.1. The van der Waals surface area contributed by atoms with Crippen LogP contribution in [0.25, 0.3) is 11.2 Å². The zero-order chi connectivity index (χ0) is 14.0. The molecule has 0 aliphatic rings. The highest BCUT2D eigenvalue weighted by molar-refractivity contribution is 6.20. The molecule has 0 aliphatic carbocycles. The lowest BCUT2D eigenvalue weighted by Crippen LogP contribution is -2.11. The third kappa shape index (κ3) is 3.08. The van der Waals surface area contributed by atoms with Crippen LogP contribution in [0.5, 0.6) is 0 Å². The van der Waals surface area contributed by atoms with E-state index in [0.29, 0.717) is 12.0 Å². The summed E-state index contributed by atoms with van der Waals surface area (Å²) in [6, 6.07) is 4.29. The topological polar surface area (TPSA) is 30.7 Å². The van der Waals surface area contributed by atoms with Gasteiger partial charge in [0, 0.05) is 12.2 Å². The van der Waals surface area contributed by atoms with E-state index >= 15 is 0 Å². The Labute approximate surface area is 120 Å². The summed E-state index contributed by atoms with van der Waals surface area (Å²) in [7, 11) is 0. The summed E-state index contributed by atoms with van der Waals surface area (Å²) in [6.45, 7) is 8.69. The molecule has 0 N–H and O–H groups in total. The third-order valence-electron chi connectivity index (χ3n) is 3.43. The van der Waals surface area contributed by atoms with Crippen LogP contribution in [0.15, 0.2) is 18.3 Å². The SMILES string of the molecule is CC(C)CCC(C)n1c(C(C)Cl)nc2cccnc21. The molecule has 0 saturated heterocycles. The highest BCUT2D eigenvalue weighted by Gasteiger charge is 2.19. The molecule has 3 nitrogen and oxygen atoms in total. The molecule has 2 atom stereocenters. The van der Waals surface area contributed by atoms with Gasteiger partial charge in [-0.1, -0.05) is 13.8 Å². The molecule has 2 aromatic rings. The number of hydrogen-bond acceptors (Lipinski definition) is 2. The number of hydrogen-bond donors (Lipinski definition) is 0. The first-order valence-electron chi connectivity index (χ1n) is 6.97. The van der Waals surface area contributed by atoms with Gasteiger partial charge in [-0.15, -0.1) is 11.6 Å². The lowest BCUT2D eigenvalue weighted by Gasteiger charge is -2.18. The molecule has 0 radical (unpaired) electrons. The summed E-state index contributed by atoms with van der Waals surface area (Å²) in [4.78, 5) is 9.10. The fourth-order valence-corrected chi connectivity index (χ4v) is 2.52.